The van der Waals surface area contributed by atoms with Crippen LogP contribution in [0.15, 0.2) is 70.4 Å². The molecule has 1 N–H and O–H groups in total. The van der Waals surface area contributed by atoms with Gasteiger partial charge in [0.2, 0.25) is 12.2 Å². The number of carbonyl (C=O) groups excluding carboxylic acids is 1. The maximum Gasteiger partial charge on any atom is 0.443 e. The van der Waals surface area contributed by atoms with Gasteiger partial charge in [-0.1, -0.05) is 42.5 Å². The number of para-hydroxylation sites is 1. The Labute approximate surface area is 179 Å². The molecule has 0 radical (unpaired) electrons. The normalized spacial score (nSPS) is 18.8. The van der Waals surface area contributed by atoms with Gasteiger partial charge in [-0.2, -0.15) is 9.91 Å². The Hall–Kier alpha value is -3.36. The van der Waals surface area contributed by atoms with E-state index in [1.54, 1.807) is 25.0 Å². The number of oxazole rings is 1. The third-order valence-corrected chi connectivity index (χ3v) is 5.29. The smallest absolute Gasteiger partial charge is 0.443 e. The van der Waals surface area contributed by atoms with Crippen LogP contribution >= 0.6 is 12.2 Å². The summed E-state index contributed by atoms with van der Waals surface area (Å²) in [5, 5.41) is 5.46. The molecule has 0 saturated heterocycles. The standard InChI is InChI=1S/C22H20N4O3S/c1-26(15-23-25-22(26)27)19(14-30)18-9-5-6-10-20(18)28-12-11-17-13-29-21(24-17)16-7-3-2-4-8-16/h2-10,13-15,19H,11-12H2,1H3/p+1. The molecule has 4 rings (SSSR count). The fourth-order valence-corrected chi connectivity index (χ4v) is 3.71. The summed E-state index contributed by atoms with van der Waals surface area (Å²) in [6, 6.07) is 16.7. The monoisotopic (exact) mass is 421 g/mol. The number of quaternary nitrogens is 1. The van der Waals surface area contributed by atoms with Gasteiger partial charge in [0.05, 0.1) is 24.9 Å². The third-order valence-electron chi connectivity index (χ3n) is 5.03. The van der Waals surface area contributed by atoms with Gasteiger partial charge in [0.1, 0.15) is 12.0 Å². The third kappa shape index (κ3) is 3.87. The topological polar surface area (TPSA) is 76.7 Å². The summed E-state index contributed by atoms with van der Waals surface area (Å²) < 4.78 is 11.5. The Balaban J connectivity index is 1.46. The summed E-state index contributed by atoms with van der Waals surface area (Å²) in [4.78, 5) is 16.8. The molecule has 8 heteroatoms. The van der Waals surface area contributed by atoms with Crippen molar-refractivity contribution < 1.29 is 18.4 Å². The van der Waals surface area contributed by atoms with Gasteiger partial charge >= 0.3 is 6.03 Å². The summed E-state index contributed by atoms with van der Waals surface area (Å²) in [6.07, 6.45) is 3.78. The van der Waals surface area contributed by atoms with Crippen LogP contribution in [0.3, 0.4) is 0 Å². The van der Waals surface area contributed by atoms with Crippen LogP contribution in [-0.4, -0.2) is 40.9 Å². The highest BCUT2D eigenvalue weighted by molar-refractivity contribution is 7.79. The quantitative estimate of drug-likeness (QED) is 0.437. The van der Waals surface area contributed by atoms with E-state index in [0.717, 1.165) is 16.8 Å². The van der Waals surface area contributed by atoms with Crippen molar-refractivity contribution >= 4 is 30.0 Å². The van der Waals surface area contributed by atoms with Crippen LogP contribution in [0.2, 0.25) is 0 Å². The fourth-order valence-electron chi connectivity index (χ4n) is 3.31. The number of ether oxygens (including phenoxy) is 1. The number of benzene rings is 2. The van der Waals surface area contributed by atoms with Gasteiger partial charge < -0.3 is 9.15 Å². The molecular weight excluding hydrogens is 400 g/mol. The van der Waals surface area contributed by atoms with E-state index in [1.807, 2.05) is 54.6 Å². The second-order valence-corrected chi connectivity index (χ2v) is 7.31. The maximum atomic E-state index is 12.3. The number of nitrogens with one attached hydrogen (secondary N) is 1. The minimum atomic E-state index is -0.404. The molecule has 1 aliphatic rings. The fraction of sp³-hybridized carbons (Fsp3) is 0.182. The minimum Gasteiger partial charge on any atom is -0.493 e. The number of rotatable bonds is 8. The van der Waals surface area contributed by atoms with Crippen LogP contribution in [0.25, 0.3) is 11.5 Å². The molecule has 0 fully saturated rings. The van der Waals surface area contributed by atoms with Crippen LogP contribution in [0.5, 0.6) is 5.75 Å². The highest BCUT2D eigenvalue weighted by Crippen LogP contribution is 2.33. The molecule has 0 spiro atoms. The van der Waals surface area contributed by atoms with Crippen LogP contribution < -0.4 is 10.2 Å². The first kappa shape index (κ1) is 19.9. The number of nitrogens with zero attached hydrogens (tertiary/aromatic N) is 3. The van der Waals surface area contributed by atoms with Gasteiger partial charge in [0.25, 0.3) is 0 Å². The van der Waals surface area contributed by atoms with Crippen LogP contribution in [0.1, 0.15) is 17.3 Å². The summed E-state index contributed by atoms with van der Waals surface area (Å²) in [7, 11) is 1.76. The van der Waals surface area contributed by atoms with Crippen molar-refractivity contribution in [2.75, 3.05) is 13.7 Å². The van der Waals surface area contributed by atoms with Crippen molar-refractivity contribution in [2.24, 2.45) is 5.10 Å². The van der Waals surface area contributed by atoms with Crippen LogP contribution in [-0.2, 0) is 6.42 Å². The Kier molecular flexibility index (Phi) is 5.69. The van der Waals surface area contributed by atoms with E-state index in [1.165, 1.54) is 0 Å². The van der Waals surface area contributed by atoms with Crippen molar-refractivity contribution in [1.29, 1.82) is 0 Å². The van der Waals surface area contributed by atoms with E-state index in [0.29, 0.717) is 24.7 Å². The first-order valence-electron chi connectivity index (χ1n) is 9.49. The molecule has 30 heavy (non-hydrogen) atoms. The largest absolute Gasteiger partial charge is 0.493 e. The van der Waals surface area contributed by atoms with Gasteiger partial charge in [0, 0.05) is 17.4 Å². The zero-order chi connectivity index (χ0) is 21.0. The Morgan fingerprint density at radius 1 is 1.20 bits per heavy atom. The predicted octanol–water partition coefficient (Wildman–Crippen LogP) is 4.12. The molecule has 2 amide bonds. The highest BCUT2D eigenvalue weighted by atomic mass is 32.1. The highest BCUT2D eigenvalue weighted by Gasteiger charge is 2.44. The number of thiocarbonyl (C=S) groups is 1. The van der Waals surface area contributed by atoms with E-state index in [2.05, 4.69) is 15.5 Å². The Morgan fingerprint density at radius 3 is 2.70 bits per heavy atom. The van der Waals surface area contributed by atoms with E-state index < -0.39 is 6.04 Å². The van der Waals surface area contributed by atoms with E-state index in [9.17, 15) is 4.79 Å². The number of hydrogen-bond acceptors (Lipinski definition) is 6. The van der Waals surface area contributed by atoms with Crippen molar-refractivity contribution in [2.45, 2.75) is 12.5 Å². The van der Waals surface area contributed by atoms with Gasteiger partial charge in [-0.25, -0.2) is 9.78 Å². The van der Waals surface area contributed by atoms with Crippen molar-refractivity contribution in [1.82, 2.24) is 10.4 Å². The number of amides is 2. The van der Waals surface area contributed by atoms with E-state index in [-0.39, 0.29) is 10.5 Å². The van der Waals surface area contributed by atoms with Crippen molar-refractivity contribution in [3.05, 3.63) is 72.1 Å². The molecule has 0 saturated carbocycles. The Bertz CT molecular complexity index is 1080. The molecule has 2 unspecified atom stereocenters. The van der Waals surface area contributed by atoms with Gasteiger partial charge in [-0.05, 0) is 24.3 Å². The minimum absolute atomic E-state index is 0.0897. The van der Waals surface area contributed by atoms with Gasteiger partial charge in [0.15, 0.2) is 6.04 Å². The summed E-state index contributed by atoms with van der Waals surface area (Å²) in [5.74, 6) is 1.26. The van der Waals surface area contributed by atoms with Crippen LogP contribution in [0.4, 0.5) is 4.79 Å². The second kappa shape index (κ2) is 8.56. The molecule has 2 aromatic carbocycles. The first-order valence-corrected chi connectivity index (χ1v) is 9.96. The number of hydrazone groups is 1. The molecule has 3 aromatic rings. The number of carbonyl (C=O) groups is 1. The van der Waals surface area contributed by atoms with Gasteiger partial charge in [-0.3, -0.25) is 0 Å². The number of hydrogen-bond donors (Lipinski definition) is 1. The van der Waals surface area contributed by atoms with Crippen molar-refractivity contribution in [3.8, 4) is 17.2 Å². The van der Waals surface area contributed by atoms with Gasteiger partial charge in [-0.15, -0.1) is 5.10 Å². The SMILES string of the molecule is C[N+]1(C(C=S)c2ccccc2OCCc2coc(-c3ccccc3)n2)C=NNC1=O. The molecule has 0 bridgehead atoms. The molecule has 7 nitrogen and oxygen atoms in total. The molecular formula is C22H21N4O3S+. The van der Waals surface area contributed by atoms with E-state index >= 15 is 0 Å². The first-order chi connectivity index (χ1) is 14.6. The van der Waals surface area contributed by atoms with Crippen molar-refractivity contribution in [3.63, 3.8) is 0 Å². The molecule has 152 valence electrons. The Morgan fingerprint density at radius 2 is 1.97 bits per heavy atom. The van der Waals surface area contributed by atoms with Crippen LogP contribution in [0, 0.1) is 0 Å². The zero-order valence-corrected chi connectivity index (χ0v) is 17.2. The zero-order valence-electron chi connectivity index (χ0n) is 16.4. The predicted molar refractivity (Wildman–Crippen MR) is 117 cm³/mol. The molecule has 1 aromatic heterocycles. The maximum absolute atomic E-state index is 12.3. The number of aromatic nitrogens is 1. The molecule has 2 atom stereocenters. The summed E-state index contributed by atoms with van der Waals surface area (Å²) in [6.45, 7) is 0.409. The lowest BCUT2D eigenvalue weighted by atomic mass is 10.0. The lowest BCUT2D eigenvalue weighted by Crippen LogP contribution is -2.50. The van der Waals surface area contributed by atoms with E-state index in [4.69, 9.17) is 21.4 Å². The number of urea groups is 1. The second-order valence-electron chi connectivity index (χ2n) is 7.04. The molecule has 2 heterocycles. The lowest BCUT2D eigenvalue weighted by Gasteiger charge is -2.29. The average molecular weight is 422 g/mol. The average Bonchev–Trinajstić information content (AvgIpc) is 3.38. The molecule has 0 aliphatic carbocycles. The summed E-state index contributed by atoms with van der Waals surface area (Å²) >= 11 is 5.25. The molecule has 1 aliphatic heterocycles. The lowest BCUT2D eigenvalue weighted by molar-refractivity contribution is -0.746. The summed E-state index contributed by atoms with van der Waals surface area (Å²) in [5.41, 5.74) is 5.03.